The lowest BCUT2D eigenvalue weighted by Gasteiger charge is -2.22. The molecule has 1 fully saturated rings. The number of halogens is 2. The molecule has 0 saturated carbocycles. The smallest absolute Gasteiger partial charge is 0.301 e. The summed E-state index contributed by atoms with van der Waals surface area (Å²) in [5.74, 6) is -1.32. The summed E-state index contributed by atoms with van der Waals surface area (Å²) in [5, 5.41) is 12.0. The minimum Gasteiger partial charge on any atom is -0.507 e. The Bertz CT molecular complexity index is 1500. The Morgan fingerprint density at radius 3 is 2.69 bits per heavy atom. The molecule has 1 unspecified atom stereocenters. The Morgan fingerprint density at radius 2 is 1.97 bits per heavy atom. The summed E-state index contributed by atoms with van der Waals surface area (Å²) in [5.41, 5.74) is 1.37. The van der Waals surface area contributed by atoms with E-state index in [9.17, 15) is 14.7 Å². The maximum absolute atomic E-state index is 13.3. The molecular weight excluding hydrogens is 509 g/mol. The van der Waals surface area contributed by atoms with Gasteiger partial charge in [-0.15, -0.1) is 0 Å². The molecule has 0 radical (unpaired) electrons. The topological polar surface area (TPSA) is 92.6 Å². The highest BCUT2D eigenvalue weighted by Crippen LogP contribution is 2.44. The van der Waals surface area contributed by atoms with Gasteiger partial charge in [0.15, 0.2) is 5.13 Å². The van der Waals surface area contributed by atoms with Crippen molar-refractivity contribution in [3.63, 3.8) is 0 Å². The molecule has 0 aliphatic carbocycles. The van der Waals surface area contributed by atoms with Crippen molar-refractivity contribution in [3.8, 4) is 5.75 Å². The van der Waals surface area contributed by atoms with Crippen LogP contribution in [0.5, 0.6) is 5.75 Å². The van der Waals surface area contributed by atoms with Crippen molar-refractivity contribution in [1.82, 2.24) is 9.97 Å². The van der Waals surface area contributed by atoms with Gasteiger partial charge in [0.05, 0.1) is 38.5 Å². The van der Waals surface area contributed by atoms with Crippen LogP contribution >= 0.6 is 34.5 Å². The van der Waals surface area contributed by atoms with E-state index in [1.165, 1.54) is 34.4 Å². The van der Waals surface area contributed by atoms with E-state index in [4.69, 9.17) is 27.9 Å². The van der Waals surface area contributed by atoms with Gasteiger partial charge in [0.1, 0.15) is 11.5 Å². The van der Waals surface area contributed by atoms with Crippen LogP contribution in [0.2, 0.25) is 10.0 Å². The Labute approximate surface area is 214 Å². The third-order valence-corrected chi connectivity index (χ3v) is 7.26. The van der Waals surface area contributed by atoms with E-state index in [0.29, 0.717) is 33.6 Å². The fourth-order valence-corrected chi connectivity index (χ4v) is 5.25. The molecule has 3 heterocycles. The predicted molar refractivity (Wildman–Crippen MR) is 136 cm³/mol. The standard InChI is InChI=1S/C25H17Cl2N3O4S/c1-2-34-15-6-8-18-19(11-15)35-25(29-18)30-21(14-4-3-9-28-12-14)20(23(32)24(30)33)22(31)13-5-7-16(26)17(27)10-13/h3-12,21,31H,2H2,1H3/b22-20+. The van der Waals surface area contributed by atoms with Gasteiger partial charge >= 0.3 is 5.91 Å². The van der Waals surface area contributed by atoms with E-state index in [0.717, 1.165) is 4.70 Å². The van der Waals surface area contributed by atoms with Gasteiger partial charge in [-0.25, -0.2) is 4.98 Å². The van der Waals surface area contributed by atoms with Gasteiger partial charge < -0.3 is 9.84 Å². The van der Waals surface area contributed by atoms with Crippen LogP contribution < -0.4 is 9.64 Å². The zero-order chi connectivity index (χ0) is 24.7. The number of benzene rings is 2. The number of anilines is 1. The number of fused-ring (bicyclic) bond motifs is 1. The summed E-state index contributed by atoms with van der Waals surface area (Å²) >= 11 is 13.4. The molecule has 1 atom stereocenters. The number of pyridine rings is 1. The van der Waals surface area contributed by atoms with E-state index in [1.54, 1.807) is 36.7 Å². The monoisotopic (exact) mass is 525 g/mol. The maximum atomic E-state index is 13.3. The van der Waals surface area contributed by atoms with Crippen molar-refractivity contribution in [1.29, 1.82) is 0 Å². The lowest BCUT2D eigenvalue weighted by molar-refractivity contribution is -0.132. The molecule has 1 aliphatic rings. The largest absolute Gasteiger partial charge is 0.507 e. The lowest BCUT2D eigenvalue weighted by Crippen LogP contribution is -2.29. The third-order valence-electron chi connectivity index (χ3n) is 5.50. The van der Waals surface area contributed by atoms with Gasteiger partial charge in [0.25, 0.3) is 5.78 Å². The molecule has 1 saturated heterocycles. The summed E-state index contributed by atoms with van der Waals surface area (Å²) in [6.07, 6.45) is 3.13. The number of ether oxygens (including phenoxy) is 1. The number of nitrogens with zero attached hydrogens (tertiary/aromatic N) is 3. The highest BCUT2D eigenvalue weighted by molar-refractivity contribution is 7.22. The second kappa shape index (κ2) is 9.30. The minimum absolute atomic E-state index is 0.0874. The highest BCUT2D eigenvalue weighted by Gasteiger charge is 2.48. The predicted octanol–water partition coefficient (Wildman–Crippen LogP) is 6.02. The Balaban J connectivity index is 1.69. The minimum atomic E-state index is -0.940. The molecule has 176 valence electrons. The van der Waals surface area contributed by atoms with E-state index >= 15 is 0 Å². The number of carbonyl (C=O) groups excluding carboxylic acids is 2. The zero-order valence-electron chi connectivity index (χ0n) is 18.2. The molecule has 35 heavy (non-hydrogen) atoms. The van der Waals surface area contributed by atoms with Crippen LogP contribution in [-0.4, -0.2) is 33.4 Å². The first-order valence-corrected chi connectivity index (χ1v) is 12.2. The van der Waals surface area contributed by atoms with E-state index in [2.05, 4.69) is 9.97 Å². The average Bonchev–Trinajstić information content (AvgIpc) is 3.39. The van der Waals surface area contributed by atoms with E-state index in [1.807, 2.05) is 13.0 Å². The molecule has 0 spiro atoms. The van der Waals surface area contributed by atoms with Crippen LogP contribution in [0.25, 0.3) is 16.0 Å². The summed E-state index contributed by atoms with van der Waals surface area (Å²) in [7, 11) is 0. The number of amides is 1. The Kier molecular flexibility index (Phi) is 6.19. The molecule has 10 heteroatoms. The number of Topliss-reactive ketones (excluding diaryl/α,β-unsaturated/α-hetero) is 1. The number of thiazole rings is 1. The fourth-order valence-electron chi connectivity index (χ4n) is 3.93. The summed E-state index contributed by atoms with van der Waals surface area (Å²) in [6, 6.07) is 12.4. The van der Waals surface area contributed by atoms with Crippen LogP contribution in [0.3, 0.4) is 0 Å². The van der Waals surface area contributed by atoms with Crippen molar-refractivity contribution in [2.45, 2.75) is 13.0 Å². The number of aliphatic hydroxyl groups is 1. The van der Waals surface area contributed by atoms with Crippen molar-refractivity contribution in [3.05, 3.63) is 87.7 Å². The number of carbonyl (C=O) groups is 2. The fraction of sp³-hybridized carbons (Fsp3) is 0.120. The van der Waals surface area contributed by atoms with Gasteiger partial charge in [-0.3, -0.25) is 19.5 Å². The van der Waals surface area contributed by atoms with Gasteiger partial charge in [-0.1, -0.05) is 40.6 Å². The molecule has 4 aromatic rings. The average molecular weight is 526 g/mol. The van der Waals surface area contributed by atoms with Gasteiger partial charge in [-0.05, 0) is 55.0 Å². The highest BCUT2D eigenvalue weighted by atomic mass is 35.5. The molecule has 2 aromatic heterocycles. The van der Waals surface area contributed by atoms with Crippen molar-refractivity contribution < 1.29 is 19.4 Å². The Morgan fingerprint density at radius 1 is 1.14 bits per heavy atom. The van der Waals surface area contributed by atoms with Gasteiger partial charge in [-0.2, -0.15) is 0 Å². The van der Waals surface area contributed by atoms with Gasteiger partial charge in [0.2, 0.25) is 0 Å². The molecule has 0 bridgehead atoms. The molecule has 5 rings (SSSR count). The SMILES string of the molecule is CCOc1ccc2nc(N3C(=O)C(=O)/C(=C(/O)c4ccc(Cl)c(Cl)c4)C3c3cccnc3)sc2c1. The molecular formula is C25H17Cl2N3O4S. The summed E-state index contributed by atoms with van der Waals surface area (Å²) in [4.78, 5) is 36.6. The number of hydrogen-bond donors (Lipinski definition) is 1. The van der Waals surface area contributed by atoms with Crippen LogP contribution in [0.4, 0.5) is 5.13 Å². The molecule has 7 nitrogen and oxygen atoms in total. The molecule has 2 aromatic carbocycles. The number of aliphatic hydroxyl groups excluding tert-OH is 1. The normalized spacial score (nSPS) is 17.3. The second-order valence-electron chi connectivity index (χ2n) is 7.64. The van der Waals surface area contributed by atoms with Crippen LogP contribution in [0, 0.1) is 0 Å². The lowest BCUT2D eigenvalue weighted by atomic mass is 9.96. The number of rotatable bonds is 5. The molecule has 1 N–H and O–H groups in total. The molecule has 1 aliphatic heterocycles. The quantitative estimate of drug-likeness (QED) is 0.194. The third kappa shape index (κ3) is 4.14. The summed E-state index contributed by atoms with van der Waals surface area (Å²) < 4.78 is 6.36. The Hall–Kier alpha value is -3.46. The molecule has 1 amide bonds. The second-order valence-corrected chi connectivity index (χ2v) is 9.47. The number of aromatic nitrogens is 2. The van der Waals surface area contributed by atoms with E-state index < -0.39 is 17.7 Å². The summed E-state index contributed by atoms with van der Waals surface area (Å²) in [6.45, 7) is 2.41. The maximum Gasteiger partial charge on any atom is 0.301 e. The number of hydrogen-bond acceptors (Lipinski definition) is 7. The van der Waals surface area contributed by atoms with E-state index in [-0.39, 0.29) is 21.9 Å². The van der Waals surface area contributed by atoms with Crippen LogP contribution in [0.1, 0.15) is 24.1 Å². The van der Waals surface area contributed by atoms with Crippen molar-refractivity contribution in [2.75, 3.05) is 11.5 Å². The van der Waals surface area contributed by atoms with Crippen LogP contribution in [0.15, 0.2) is 66.5 Å². The van der Waals surface area contributed by atoms with Crippen molar-refractivity contribution >= 4 is 67.3 Å². The first kappa shape index (κ1) is 23.3. The first-order chi connectivity index (χ1) is 16.9. The number of ketones is 1. The first-order valence-electron chi connectivity index (χ1n) is 10.6. The zero-order valence-corrected chi connectivity index (χ0v) is 20.6. The van der Waals surface area contributed by atoms with Crippen LogP contribution in [-0.2, 0) is 9.59 Å². The van der Waals surface area contributed by atoms with Crippen molar-refractivity contribution in [2.24, 2.45) is 0 Å². The van der Waals surface area contributed by atoms with Gasteiger partial charge in [0, 0.05) is 18.0 Å².